The number of ether oxygens (including phenoxy) is 2. The fraction of sp³-hybridized carbons (Fsp3) is 0.333. The van der Waals surface area contributed by atoms with Crippen LogP contribution in [0.3, 0.4) is 0 Å². The van der Waals surface area contributed by atoms with E-state index in [0.717, 1.165) is 54.4 Å². The minimum Gasteiger partial charge on any atom is -0.448 e. The molecule has 1 spiro atoms. The second-order valence-corrected chi connectivity index (χ2v) is 9.06. The Kier molecular flexibility index (Phi) is 5.36. The molecule has 2 heterocycles. The lowest BCUT2D eigenvalue weighted by molar-refractivity contribution is -0.113. The van der Waals surface area contributed by atoms with Gasteiger partial charge in [0.25, 0.3) is 5.79 Å². The number of nitrogens with zero attached hydrogens (tertiary/aromatic N) is 1. The predicted octanol–water partition coefficient (Wildman–Crippen LogP) is 5.08. The Balaban J connectivity index is 1.17. The molecule has 0 radical (unpaired) electrons. The molecule has 0 saturated heterocycles. The van der Waals surface area contributed by atoms with Gasteiger partial charge < -0.3 is 19.8 Å². The summed E-state index contributed by atoms with van der Waals surface area (Å²) in [6.45, 7) is 2.01. The molecule has 1 amide bonds. The molecule has 1 aliphatic carbocycles. The number of thioether (sulfide) groups is 1. The van der Waals surface area contributed by atoms with E-state index in [2.05, 4.69) is 27.4 Å². The normalized spacial score (nSPS) is 16.0. The number of anilines is 1. The number of hydrogen-bond donors (Lipinski definition) is 2. The van der Waals surface area contributed by atoms with E-state index in [1.165, 1.54) is 17.3 Å². The van der Waals surface area contributed by atoms with E-state index in [0.29, 0.717) is 11.4 Å². The lowest BCUT2D eigenvalue weighted by Crippen LogP contribution is -2.34. The van der Waals surface area contributed by atoms with Gasteiger partial charge in [0.15, 0.2) is 16.7 Å². The minimum absolute atomic E-state index is 0.0851. The molecule has 1 aromatic heterocycles. The molecule has 3 aromatic rings. The van der Waals surface area contributed by atoms with E-state index >= 15 is 0 Å². The lowest BCUT2D eigenvalue weighted by atomic mass is 10.1. The minimum atomic E-state index is -0.491. The molecule has 31 heavy (non-hydrogen) atoms. The third-order valence-corrected chi connectivity index (χ3v) is 6.58. The number of rotatable bonds is 6. The number of nitrogens with one attached hydrogen (secondary N) is 2. The summed E-state index contributed by atoms with van der Waals surface area (Å²) in [4.78, 5) is 20.4. The quantitative estimate of drug-likeness (QED) is 0.528. The van der Waals surface area contributed by atoms with Gasteiger partial charge in [-0.3, -0.25) is 4.79 Å². The molecule has 2 aromatic carbocycles. The number of H-pyrrole nitrogens is 1. The number of aromatic nitrogens is 2. The largest absolute Gasteiger partial charge is 0.448 e. The van der Waals surface area contributed by atoms with E-state index in [4.69, 9.17) is 9.47 Å². The van der Waals surface area contributed by atoms with Crippen LogP contribution in [-0.2, 0) is 11.2 Å². The number of carbonyl (C=O) groups is 1. The Bertz CT molecular complexity index is 1090. The van der Waals surface area contributed by atoms with Crippen LogP contribution in [0.2, 0.25) is 0 Å². The van der Waals surface area contributed by atoms with Crippen molar-refractivity contribution in [3.05, 3.63) is 65.5 Å². The van der Waals surface area contributed by atoms with Gasteiger partial charge in [0, 0.05) is 36.7 Å². The average molecular weight is 436 g/mol. The van der Waals surface area contributed by atoms with Crippen molar-refractivity contribution in [2.24, 2.45) is 0 Å². The summed E-state index contributed by atoms with van der Waals surface area (Å²) < 4.78 is 12.1. The zero-order chi connectivity index (χ0) is 21.3. The third kappa shape index (κ3) is 4.42. The number of benzene rings is 2. The Morgan fingerprint density at radius 2 is 1.90 bits per heavy atom. The highest BCUT2D eigenvalue weighted by atomic mass is 32.2. The zero-order valence-electron chi connectivity index (χ0n) is 17.4. The second kappa shape index (κ2) is 8.30. The fourth-order valence-electron chi connectivity index (χ4n) is 4.12. The maximum atomic E-state index is 12.5. The number of amides is 1. The van der Waals surface area contributed by atoms with Crippen molar-refractivity contribution in [1.82, 2.24) is 9.97 Å². The highest BCUT2D eigenvalue weighted by molar-refractivity contribution is 7.99. The first-order valence-electron chi connectivity index (χ1n) is 10.6. The molecule has 1 saturated carbocycles. The van der Waals surface area contributed by atoms with Gasteiger partial charge in [0.1, 0.15) is 0 Å². The third-order valence-electron chi connectivity index (χ3n) is 5.70. The summed E-state index contributed by atoms with van der Waals surface area (Å²) in [7, 11) is 0. The van der Waals surface area contributed by atoms with Crippen molar-refractivity contribution in [1.29, 1.82) is 0 Å². The summed E-state index contributed by atoms with van der Waals surface area (Å²) >= 11 is 1.40. The summed E-state index contributed by atoms with van der Waals surface area (Å²) in [6, 6.07) is 15.8. The predicted molar refractivity (Wildman–Crippen MR) is 121 cm³/mol. The monoisotopic (exact) mass is 435 g/mol. The van der Waals surface area contributed by atoms with Gasteiger partial charge in [0.2, 0.25) is 5.91 Å². The van der Waals surface area contributed by atoms with E-state index < -0.39 is 5.79 Å². The number of aryl methyl sites for hydroxylation is 1. The van der Waals surface area contributed by atoms with Gasteiger partial charge in [-0.05, 0) is 37.5 Å². The van der Waals surface area contributed by atoms with Gasteiger partial charge in [-0.25, -0.2) is 4.98 Å². The van der Waals surface area contributed by atoms with Crippen molar-refractivity contribution in [2.75, 3.05) is 11.1 Å². The second-order valence-electron chi connectivity index (χ2n) is 8.10. The molecule has 0 unspecified atom stereocenters. The van der Waals surface area contributed by atoms with Crippen LogP contribution in [-0.4, -0.2) is 27.4 Å². The van der Waals surface area contributed by atoms with E-state index in [1.807, 2.05) is 43.3 Å². The molecule has 7 heteroatoms. The summed E-state index contributed by atoms with van der Waals surface area (Å²) in [5.41, 5.74) is 3.96. The van der Waals surface area contributed by atoms with Crippen molar-refractivity contribution in [2.45, 2.75) is 50.0 Å². The Hall–Kier alpha value is -2.93. The fourth-order valence-corrected chi connectivity index (χ4v) is 4.86. The molecule has 160 valence electrons. The van der Waals surface area contributed by atoms with Gasteiger partial charge in [0.05, 0.1) is 11.4 Å². The van der Waals surface area contributed by atoms with Crippen LogP contribution in [0, 0.1) is 6.92 Å². The summed E-state index contributed by atoms with van der Waals surface area (Å²) in [5.74, 6) is 1.16. The van der Waals surface area contributed by atoms with Crippen LogP contribution in [0.4, 0.5) is 5.69 Å². The van der Waals surface area contributed by atoms with Crippen molar-refractivity contribution in [3.63, 3.8) is 0 Å². The summed E-state index contributed by atoms with van der Waals surface area (Å²) in [5, 5.41) is 3.70. The maximum Gasteiger partial charge on any atom is 0.251 e. The smallest absolute Gasteiger partial charge is 0.251 e. The highest BCUT2D eigenvalue weighted by Gasteiger charge is 2.44. The Morgan fingerprint density at radius 1 is 1.13 bits per heavy atom. The number of aromatic amines is 1. The average Bonchev–Trinajstić information content (AvgIpc) is 3.46. The molecule has 0 atom stereocenters. The number of hydrogen-bond acceptors (Lipinski definition) is 5. The zero-order valence-corrected chi connectivity index (χ0v) is 18.3. The molecule has 2 N–H and O–H groups in total. The van der Waals surface area contributed by atoms with Crippen LogP contribution < -0.4 is 14.8 Å². The van der Waals surface area contributed by atoms with Crippen LogP contribution in [0.15, 0.2) is 53.7 Å². The molecule has 6 nitrogen and oxygen atoms in total. The Morgan fingerprint density at radius 3 is 2.71 bits per heavy atom. The Labute approximate surface area is 185 Å². The number of imidazole rings is 1. The van der Waals surface area contributed by atoms with Gasteiger partial charge in [-0.1, -0.05) is 42.1 Å². The van der Waals surface area contributed by atoms with Crippen molar-refractivity contribution in [3.8, 4) is 11.5 Å². The van der Waals surface area contributed by atoms with E-state index in [-0.39, 0.29) is 11.7 Å². The van der Waals surface area contributed by atoms with Crippen molar-refractivity contribution >= 4 is 23.4 Å². The van der Waals surface area contributed by atoms with Crippen LogP contribution in [0.5, 0.6) is 11.5 Å². The first-order chi connectivity index (χ1) is 15.1. The van der Waals surface area contributed by atoms with Gasteiger partial charge >= 0.3 is 0 Å². The number of fused-ring (bicyclic) bond motifs is 1. The van der Waals surface area contributed by atoms with Gasteiger partial charge in [-0.15, -0.1) is 0 Å². The first kappa shape index (κ1) is 20.0. The van der Waals surface area contributed by atoms with E-state index in [9.17, 15) is 4.79 Å². The lowest BCUT2D eigenvalue weighted by Gasteiger charge is -2.21. The molecule has 1 aliphatic heterocycles. The maximum absolute atomic E-state index is 12.5. The number of carbonyl (C=O) groups excluding carboxylic acids is 1. The van der Waals surface area contributed by atoms with Crippen LogP contribution in [0.1, 0.15) is 42.6 Å². The topological polar surface area (TPSA) is 76.2 Å². The van der Waals surface area contributed by atoms with E-state index in [1.54, 1.807) is 0 Å². The SMILES string of the molecule is Cc1[nH]c(SCC(=O)Nc2ccc3c(c2)OC2(CCCC2)O3)nc1Cc1ccccc1. The molecule has 2 aliphatic rings. The standard InChI is InChI=1S/C24H25N3O3S/c1-16-19(13-17-7-3-2-4-8-17)27-23(25-16)31-15-22(28)26-18-9-10-20-21(14-18)30-24(29-20)11-5-6-12-24/h2-4,7-10,14H,5-6,11-13,15H2,1H3,(H,25,27)(H,26,28). The molecular formula is C24H25N3O3S. The summed E-state index contributed by atoms with van der Waals surface area (Å²) in [6.07, 6.45) is 4.83. The molecule has 1 fully saturated rings. The first-order valence-corrected chi connectivity index (χ1v) is 11.6. The highest BCUT2D eigenvalue weighted by Crippen LogP contribution is 2.47. The molecular weight excluding hydrogens is 410 g/mol. The van der Waals surface area contributed by atoms with Crippen molar-refractivity contribution < 1.29 is 14.3 Å². The van der Waals surface area contributed by atoms with Crippen LogP contribution >= 0.6 is 11.8 Å². The van der Waals surface area contributed by atoms with Crippen LogP contribution in [0.25, 0.3) is 0 Å². The molecule has 5 rings (SSSR count). The molecule has 0 bridgehead atoms. The van der Waals surface area contributed by atoms with Gasteiger partial charge in [-0.2, -0.15) is 0 Å².